The Labute approximate surface area is 145 Å². The van der Waals surface area contributed by atoms with Gasteiger partial charge in [-0.1, -0.05) is 51.1 Å². The minimum absolute atomic E-state index is 0.00922. The monoisotopic (exact) mass is 325 g/mol. The van der Waals surface area contributed by atoms with Crippen molar-refractivity contribution >= 4 is 6.08 Å². The third kappa shape index (κ3) is 4.62. The molecule has 2 rings (SSSR count). The zero-order valence-corrected chi connectivity index (χ0v) is 15.0. The van der Waals surface area contributed by atoms with Gasteiger partial charge >= 0.3 is 0 Å². The quantitative estimate of drug-likeness (QED) is 0.841. The van der Waals surface area contributed by atoms with Crippen LogP contribution in [0.4, 0.5) is 0 Å². The van der Waals surface area contributed by atoms with Crippen molar-refractivity contribution in [3.8, 4) is 5.75 Å². The van der Waals surface area contributed by atoms with Crippen molar-refractivity contribution in [2.75, 3.05) is 7.11 Å². The largest absolute Gasteiger partial charge is 0.489 e. The van der Waals surface area contributed by atoms with E-state index in [2.05, 4.69) is 45.0 Å². The number of methoxy groups -OCH3 is 1. The van der Waals surface area contributed by atoms with Crippen molar-refractivity contribution in [3.63, 3.8) is 0 Å². The van der Waals surface area contributed by atoms with Gasteiger partial charge in [-0.2, -0.15) is 0 Å². The predicted molar refractivity (Wildman–Crippen MR) is 99.9 cm³/mol. The normalized spacial score (nSPS) is 11.8. The molecule has 0 aliphatic carbocycles. The average Bonchev–Trinajstić information content (AvgIpc) is 2.55. The molecule has 0 amide bonds. The lowest BCUT2D eigenvalue weighted by Gasteiger charge is -2.24. The van der Waals surface area contributed by atoms with E-state index < -0.39 is 0 Å². The van der Waals surface area contributed by atoms with Crippen LogP contribution in [-0.2, 0) is 23.4 Å². The molecular formula is C21H27NO2. The van der Waals surface area contributed by atoms with Crippen LogP contribution in [0.2, 0.25) is 0 Å². The molecule has 0 heterocycles. The van der Waals surface area contributed by atoms with Crippen molar-refractivity contribution < 1.29 is 9.47 Å². The van der Waals surface area contributed by atoms with Crippen LogP contribution in [-0.4, -0.2) is 7.11 Å². The highest BCUT2D eigenvalue weighted by atomic mass is 16.5. The first-order chi connectivity index (χ1) is 11.5. The Hall–Kier alpha value is -2.26. The molecule has 0 saturated heterocycles. The third-order valence-corrected chi connectivity index (χ3v) is 3.85. The van der Waals surface area contributed by atoms with Crippen molar-refractivity contribution in [1.29, 1.82) is 0 Å². The van der Waals surface area contributed by atoms with Crippen LogP contribution < -0.4 is 10.5 Å². The first kappa shape index (κ1) is 18.1. The summed E-state index contributed by atoms with van der Waals surface area (Å²) in [6, 6.07) is 14.4. The van der Waals surface area contributed by atoms with Gasteiger partial charge < -0.3 is 15.2 Å². The van der Waals surface area contributed by atoms with Gasteiger partial charge in [0, 0.05) is 12.7 Å². The third-order valence-electron chi connectivity index (χ3n) is 3.85. The molecule has 0 saturated carbocycles. The van der Waals surface area contributed by atoms with Crippen LogP contribution in [0.1, 0.15) is 43.0 Å². The minimum Gasteiger partial charge on any atom is -0.489 e. The first-order valence-electron chi connectivity index (χ1n) is 8.17. The average molecular weight is 325 g/mol. The molecule has 0 radical (unpaired) electrons. The molecule has 0 aliphatic rings. The van der Waals surface area contributed by atoms with Gasteiger partial charge in [0.05, 0.1) is 6.61 Å². The molecule has 2 N–H and O–H groups in total. The molecule has 24 heavy (non-hydrogen) atoms. The predicted octanol–water partition coefficient (Wildman–Crippen LogP) is 4.64. The number of nitrogens with two attached hydrogens (primary N) is 1. The van der Waals surface area contributed by atoms with Crippen LogP contribution in [0.15, 0.2) is 48.7 Å². The second-order valence-electron chi connectivity index (χ2n) is 6.86. The van der Waals surface area contributed by atoms with Crippen molar-refractivity contribution in [2.24, 2.45) is 5.73 Å². The second-order valence-corrected chi connectivity index (χ2v) is 6.86. The summed E-state index contributed by atoms with van der Waals surface area (Å²) >= 11 is 0. The summed E-state index contributed by atoms with van der Waals surface area (Å²) in [5.74, 6) is 0.835. The van der Waals surface area contributed by atoms with E-state index in [1.807, 2.05) is 24.3 Å². The molecule has 2 aromatic carbocycles. The molecule has 0 atom stereocenters. The Kier molecular flexibility index (Phi) is 6.04. The van der Waals surface area contributed by atoms with E-state index in [0.29, 0.717) is 13.2 Å². The molecule has 2 aromatic rings. The van der Waals surface area contributed by atoms with Crippen molar-refractivity contribution in [2.45, 2.75) is 39.4 Å². The molecule has 3 heteroatoms. The molecule has 0 unspecified atom stereocenters. The van der Waals surface area contributed by atoms with E-state index >= 15 is 0 Å². The number of rotatable bonds is 6. The molecule has 128 valence electrons. The van der Waals surface area contributed by atoms with Gasteiger partial charge in [-0.15, -0.1) is 0 Å². The molecule has 3 nitrogen and oxygen atoms in total. The van der Waals surface area contributed by atoms with Crippen LogP contribution in [0.25, 0.3) is 6.08 Å². The van der Waals surface area contributed by atoms with Gasteiger partial charge in [-0.05, 0) is 46.5 Å². The summed E-state index contributed by atoms with van der Waals surface area (Å²) in [5, 5.41) is 0. The van der Waals surface area contributed by atoms with Gasteiger partial charge in [0.2, 0.25) is 0 Å². The Balaban J connectivity index is 2.39. The van der Waals surface area contributed by atoms with Crippen LogP contribution in [0.3, 0.4) is 0 Å². The fourth-order valence-corrected chi connectivity index (χ4v) is 2.67. The van der Waals surface area contributed by atoms with Crippen LogP contribution >= 0.6 is 0 Å². The van der Waals surface area contributed by atoms with Gasteiger partial charge in [0.15, 0.2) is 0 Å². The van der Waals surface area contributed by atoms with E-state index in [0.717, 1.165) is 22.4 Å². The standard InChI is InChI=1S/C21H27NO2/c1-21(2,3)19-12-18(15-23-4)20(13-17(19)10-11-22)24-14-16-8-6-5-7-9-16/h5-13H,14-15,22H2,1-4H3/b11-10-. The smallest absolute Gasteiger partial charge is 0.125 e. The van der Waals surface area contributed by atoms with Crippen molar-refractivity contribution in [3.05, 3.63) is 70.9 Å². The number of benzene rings is 2. The zero-order chi connectivity index (χ0) is 17.6. The first-order valence-corrected chi connectivity index (χ1v) is 8.17. The molecule has 0 aliphatic heterocycles. The van der Waals surface area contributed by atoms with Gasteiger partial charge in [0.1, 0.15) is 12.4 Å². The summed E-state index contributed by atoms with van der Waals surface area (Å²) in [7, 11) is 1.70. The number of hydrogen-bond donors (Lipinski definition) is 1. The lowest BCUT2D eigenvalue weighted by Crippen LogP contribution is -2.14. The number of hydrogen-bond acceptors (Lipinski definition) is 3. The maximum atomic E-state index is 6.08. The van der Waals surface area contributed by atoms with E-state index in [9.17, 15) is 0 Å². The van der Waals surface area contributed by atoms with Crippen molar-refractivity contribution in [1.82, 2.24) is 0 Å². The highest BCUT2D eigenvalue weighted by molar-refractivity contribution is 5.60. The minimum atomic E-state index is 0.00922. The molecule has 0 spiro atoms. The Morgan fingerprint density at radius 1 is 1.04 bits per heavy atom. The van der Waals surface area contributed by atoms with E-state index in [1.165, 1.54) is 5.56 Å². The summed E-state index contributed by atoms with van der Waals surface area (Å²) in [6.07, 6.45) is 3.49. The van der Waals surface area contributed by atoms with E-state index in [1.54, 1.807) is 13.3 Å². The second kappa shape index (κ2) is 8.02. The van der Waals surface area contributed by atoms with E-state index in [4.69, 9.17) is 15.2 Å². The van der Waals surface area contributed by atoms with Gasteiger partial charge in [0.25, 0.3) is 0 Å². The van der Waals surface area contributed by atoms with Gasteiger partial charge in [-0.25, -0.2) is 0 Å². The molecule has 0 aromatic heterocycles. The van der Waals surface area contributed by atoms with Gasteiger partial charge in [-0.3, -0.25) is 0 Å². The Morgan fingerprint density at radius 2 is 1.75 bits per heavy atom. The van der Waals surface area contributed by atoms with E-state index in [-0.39, 0.29) is 5.41 Å². The summed E-state index contributed by atoms with van der Waals surface area (Å²) in [4.78, 5) is 0. The van der Waals surface area contributed by atoms with Crippen LogP contribution in [0.5, 0.6) is 5.75 Å². The molecule has 0 fully saturated rings. The SMILES string of the molecule is COCc1cc(C(C)(C)C)c(/C=C\N)cc1OCc1ccccc1. The highest BCUT2D eigenvalue weighted by Crippen LogP contribution is 2.33. The fourth-order valence-electron chi connectivity index (χ4n) is 2.67. The van der Waals surface area contributed by atoms with Crippen LogP contribution in [0, 0.1) is 0 Å². The molecule has 0 bridgehead atoms. The summed E-state index contributed by atoms with van der Waals surface area (Å²) in [5.41, 5.74) is 10.1. The lowest BCUT2D eigenvalue weighted by molar-refractivity contribution is 0.179. The lowest BCUT2D eigenvalue weighted by atomic mass is 9.82. The summed E-state index contributed by atoms with van der Waals surface area (Å²) in [6.45, 7) is 7.61. The fraction of sp³-hybridized carbons (Fsp3) is 0.333. The highest BCUT2D eigenvalue weighted by Gasteiger charge is 2.20. The topological polar surface area (TPSA) is 44.5 Å². The summed E-state index contributed by atoms with van der Waals surface area (Å²) < 4.78 is 11.4. The number of ether oxygens (including phenoxy) is 2. The maximum absolute atomic E-state index is 6.08. The Morgan fingerprint density at radius 3 is 2.33 bits per heavy atom. The molecular weight excluding hydrogens is 298 g/mol. The maximum Gasteiger partial charge on any atom is 0.125 e. The Bertz CT molecular complexity index is 685. The zero-order valence-electron chi connectivity index (χ0n) is 15.0.